The van der Waals surface area contributed by atoms with Gasteiger partial charge in [0.25, 0.3) is 0 Å². The van der Waals surface area contributed by atoms with Gasteiger partial charge in [-0.2, -0.15) is 5.10 Å². The van der Waals surface area contributed by atoms with E-state index in [2.05, 4.69) is 41.6 Å². The molecule has 0 unspecified atom stereocenters. The third kappa shape index (κ3) is 3.47. The molecule has 1 N–H and O–H groups in total. The molecule has 7 heteroatoms. The van der Waals surface area contributed by atoms with Crippen LogP contribution in [0.4, 0.5) is 5.69 Å². The third-order valence-electron chi connectivity index (χ3n) is 7.22. The molecule has 3 aromatic rings. The molecule has 0 saturated carbocycles. The Labute approximate surface area is 193 Å². The average molecular weight is 450 g/mol. The Kier molecular flexibility index (Phi) is 5.41. The van der Waals surface area contributed by atoms with Gasteiger partial charge in [0, 0.05) is 54.2 Å². The van der Waals surface area contributed by atoms with Crippen molar-refractivity contribution in [2.45, 2.75) is 32.6 Å². The van der Waals surface area contributed by atoms with E-state index in [-0.39, 0.29) is 5.91 Å². The number of nitrogens with one attached hydrogen (secondary N) is 1. The molecule has 1 saturated heterocycles. The average Bonchev–Trinajstić information content (AvgIpc) is 3.27. The fraction of sp³-hybridized carbons (Fsp3) is 0.400. The lowest BCUT2D eigenvalue weighted by Gasteiger charge is -2.39. The van der Waals surface area contributed by atoms with Crippen molar-refractivity contribution in [3.8, 4) is 0 Å². The summed E-state index contributed by atoms with van der Waals surface area (Å²) >= 11 is 6.58. The van der Waals surface area contributed by atoms with Crippen molar-refractivity contribution in [3.63, 3.8) is 0 Å². The molecule has 166 valence electrons. The summed E-state index contributed by atoms with van der Waals surface area (Å²) in [5.41, 5.74) is 7.21. The highest BCUT2D eigenvalue weighted by Gasteiger charge is 2.33. The van der Waals surface area contributed by atoms with E-state index in [4.69, 9.17) is 16.6 Å². The minimum Gasteiger partial charge on any atom is -0.368 e. The van der Waals surface area contributed by atoms with E-state index in [9.17, 15) is 4.79 Å². The lowest BCUT2D eigenvalue weighted by atomic mass is 9.73. The number of anilines is 1. The largest absolute Gasteiger partial charge is 0.368 e. The van der Waals surface area contributed by atoms with Gasteiger partial charge in [-0.15, -0.1) is 0 Å². The molecule has 0 radical (unpaired) electrons. The first-order valence-corrected chi connectivity index (χ1v) is 11.6. The molecule has 1 aromatic carbocycles. The van der Waals surface area contributed by atoms with E-state index in [1.165, 1.54) is 28.6 Å². The monoisotopic (exact) mass is 449 g/mol. The third-order valence-corrected chi connectivity index (χ3v) is 7.61. The number of hydrogen-bond acceptors (Lipinski definition) is 4. The van der Waals surface area contributed by atoms with E-state index in [0.717, 1.165) is 60.5 Å². The number of benzene rings is 1. The van der Waals surface area contributed by atoms with E-state index < -0.39 is 0 Å². The van der Waals surface area contributed by atoms with Crippen LogP contribution in [0.15, 0.2) is 37.2 Å². The fourth-order valence-electron chi connectivity index (χ4n) is 5.44. The van der Waals surface area contributed by atoms with Gasteiger partial charge in [0.1, 0.15) is 0 Å². The van der Waals surface area contributed by atoms with Gasteiger partial charge in [-0.25, -0.2) is 0 Å². The predicted molar refractivity (Wildman–Crippen MR) is 128 cm³/mol. The van der Waals surface area contributed by atoms with Crippen LogP contribution >= 0.6 is 11.6 Å². The van der Waals surface area contributed by atoms with Crippen LogP contribution < -0.4 is 4.90 Å². The molecule has 6 nitrogen and oxygen atoms in total. The summed E-state index contributed by atoms with van der Waals surface area (Å²) in [4.78, 5) is 21.0. The second kappa shape index (κ2) is 8.24. The van der Waals surface area contributed by atoms with Crippen molar-refractivity contribution in [1.82, 2.24) is 20.1 Å². The lowest BCUT2D eigenvalue weighted by molar-refractivity contribution is -0.126. The van der Waals surface area contributed by atoms with Crippen molar-refractivity contribution in [2.24, 2.45) is 5.92 Å². The molecular formula is C25H28ClN5O. The number of halogens is 1. The zero-order valence-electron chi connectivity index (χ0n) is 18.6. The zero-order valence-corrected chi connectivity index (χ0v) is 19.3. The maximum absolute atomic E-state index is 11.9. The van der Waals surface area contributed by atoms with Crippen LogP contribution in [0.1, 0.15) is 35.2 Å². The number of piperazine rings is 1. The molecule has 1 amide bonds. The summed E-state index contributed by atoms with van der Waals surface area (Å²) in [6.45, 7) is 11.2. The number of carbonyl (C=O) groups is 1. The van der Waals surface area contributed by atoms with Crippen LogP contribution in [0.5, 0.6) is 0 Å². The topological polar surface area (TPSA) is 65.1 Å². The maximum atomic E-state index is 11.9. The summed E-state index contributed by atoms with van der Waals surface area (Å²) in [6, 6.07) is 4.10. The summed E-state index contributed by atoms with van der Waals surface area (Å²) in [5, 5.41) is 9.29. The van der Waals surface area contributed by atoms with Crippen LogP contribution in [-0.4, -0.2) is 52.2 Å². The van der Waals surface area contributed by atoms with E-state index in [1.807, 2.05) is 23.4 Å². The number of hydrogen-bond donors (Lipinski definition) is 1. The van der Waals surface area contributed by atoms with Gasteiger partial charge in [-0.1, -0.05) is 25.1 Å². The van der Waals surface area contributed by atoms with Gasteiger partial charge in [0.05, 0.1) is 11.7 Å². The Hall–Kier alpha value is -2.86. The van der Waals surface area contributed by atoms with Gasteiger partial charge in [0.2, 0.25) is 5.91 Å². The minimum atomic E-state index is 0.0142. The smallest absolute Gasteiger partial charge is 0.246 e. The highest BCUT2D eigenvalue weighted by molar-refractivity contribution is 6.32. The molecule has 2 aromatic heterocycles. The van der Waals surface area contributed by atoms with Crippen molar-refractivity contribution in [2.75, 3.05) is 31.1 Å². The first-order valence-electron chi connectivity index (χ1n) is 11.2. The minimum absolute atomic E-state index is 0.0142. The zero-order chi connectivity index (χ0) is 22.4. The van der Waals surface area contributed by atoms with Crippen molar-refractivity contribution >= 4 is 34.1 Å². The van der Waals surface area contributed by atoms with Crippen LogP contribution in [-0.2, 0) is 17.6 Å². The number of pyridine rings is 1. The molecule has 2 aliphatic rings. The van der Waals surface area contributed by atoms with Crippen LogP contribution in [0, 0.1) is 12.8 Å². The second-order valence-electron chi connectivity index (χ2n) is 8.99. The first kappa shape index (κ1) is 21.0. The molecular weight excluding hydrogens is 422 g/mol. The molecule has 3 heterocycles. The van der Waals surface area contributed by atoms with Crippen molar-refractivity contribution in [1.29, 1.82) is 0 Å². The number of aromatic nitrogens is 3. The number of amides is 1. The highest BCUT2D eigenvalue weighted by Crippen LogP contribution is 2.44. The van der Waals surface area contributed by atoms with E-state index >= 15 is 0 Å². The summed E-state index contributed by atoms with van der Waals surface area (Å²) < 4.78 is 0. The van der Waals surface area contributed by atoms with Crippen molar-refractivity contribution in [3.05, 3.63) is 64.6 Å². The summed E-state index contributed by atoms with van der Waals surface area (Å²) in [6.07, 6.45) is 7.12. The highest BCUT2D eigenvalue weighted by atomic mass is 35.5. The molecule has 2 atom stereocenters. The first-order chi connectivity index (χ1) is 15.5. The van der Waals surface area contributed by atoms with Gasteiger partial charge < -0.3 is 9.80 Å². The van der Waals surface area contributed by atoms with E-state index in [1.54, 1.807) is 0 Å². The Bertz CT molecular complexity index is 1190. The number of rotatable bonds is 3. The molecule has 32 heavy (non-hydrogen) atoms. The predicted octanol–water partition coefficient (Wildman–Crippen LogP) is 4.27. The molecule has 0 bridgehead atoms. The normalized spacial score (nSPS) is 21.0. The van der Waals surface area contributed by atoms with Gasteiger partial charge in [-0.05, 0) is 66.5 Å². The number of fused-ring (bicyclic) bond motifs is 2. The van der Waals surface area contributed by atoms with Crippen LogP contribution in [0.3, 0.4) is 0 Å². The Morgan fingerprint density at radius 3 is 2.81 bits per heavy atom. The van der Waals surface area contributed by atoms with Gasteiger partial charge in [-0.3, -0.25) is 14.9 Å². The van der Waals surface area contributed by atoms with Crippen LogP contribution in [0.2, 0.25) is 5.02 Å². The van der Waals surface area contributed by atoms with Gasteiger partial charge in [0.15, 0.2) is 0 Å². The lowest BCUT2D eigenvalue weighted by Crippen LogP contribution is -2.48. The van der Waals surface area contributed by atoms with Crippen LogP contribution in [0.25, 0.3) is 10.9 Å². The number of nitrogens with zero attached hydrogens (tertiary/aromatic N) is 4. The number of aromatic amines is 1. The SMILES string of the molecule is C=CC(=O)N1CCN(c2ccnc3c2C[C@@H](C)[C@H](c2c(C)c(Cl)cc4[nH]ncc24)C3)CC1. The Morgan fingerprint density at radius 1 is 1.28 bits per heavy atom. The fourth-order valence-corrected chi connectivity index (χ4v) is 5.65. The molecule has 1 fully saturated rings. The Morgan fingerprint density at radius 2 is 2.06 bits per heavy atom. The maximum Gasteiger partial charge on any atom is 0.246 e. The second-order valence-corrected chi connectivity index (χ2v) is 9.40. The van der Waals surface area contributed by atoms with Gasteiger partial charge >= 0.3 is 0 Å². The van der Waals surface area contributed by atoms with Crippen molar-refractivity contribution < 1.29 is 4.79 Å². The molecule has 0 spiro atoms. The number of carbonyl (C=O) groups excluding carboxylic acids is 1. The molecule has 1 aliphatic heterocycles. The Balaban J connectivity index is 1.46. The molecule has 5 rings (SSSR count). The van der Waals surface area contributed by atoms with E-state index in [0.29, 0.717) is 11.8 Å². The summed E-state index contributed by atoms with van der Waals surface area (Å²) in [7, 11) is 0. The standard InChI is InChI=1S/C25H28ClN5O/c1-4-24(32)31-9-7-30(8-10-31)23-5-6-27-21-12-17(15(2)11-18(21)23)25-16(3)20(26)13-22-19(25)14-28-29-22/h4-6,13-15,17H,1,7-12H2,2-3H3,(H,28,29)/t15-,17-/m1/s1. The molecule has 1 aliphatic carbocycles. The quantitative estimate of drug-likeness (QED) is 0.606. The number of H-pyrrole nitrogens is 1. The summed E-state index contributed by atoms with van der Waals surface area (Å²) in [5.74, 6) is 0.802.